The van der Waals surface area contributed by atoms with E-state index in [4.69, 9.17) is 4.99 Å². The van der Waals surface area contributed by atoms with Gasteiger partial charge in [-0.1, -0.05) is 13.8 Å². The smallest absolute Gasteiger partial charge is 0.194 e. The molecule has 6 nitrogen and oxygen atoms in total. The maximum atomic E-state index is 4.85. The largest absolute Gasteiger partial charge is 0.357 e. The van der Waals surface area contributed by atoms with Gasteiger partial charge in [0.25, 0.3) is 0 Å². The SMILES string of the molecule is CCNC(=NCc1csc(CC)n1)N1CCC(C)C(n2ccnc2)C1. The third kappa shape index (κ3) is 4.39. The second-order valence-electron chi connectivity index (χ2n) is 6.55. The molecule has 0 bridgehead atoms. The Kier molecular flexibility index (Phi) is 6.07. The number of likely N-dealkylation sites (tertiary alicyclic amines) is 1. The standard InChI is InChI=1S/C18H28N6S/c1-4-17-22-15(12-25-17)10-21-18(20-5-2)23-8-6-14(3)16(11-23)24-9-7-19-13-24/h7,9,12-14,16H,4-6,8,10-11H2,1-3H3,(H,20,21). The molecule has 25 heavy (non-hydrogen) atoms. The third-order valence-electron chi connectivity index (χ3n) is 4.75. The first-order valence-corrected chi connectivity index (χ1v) is 10.0. The molecule has 0 radical (unpaired) electrons. The first-order chi connectivity index (χ1) is 12.2. The van der Waals surface area contributed by atoms with Crippen molar-refractivity contribution in [3.8, 4) is 0 Å². The van der Waals surface area contributed by atoms with Crippen LogP contribution in [0.1, 0.15) is 43.9 Å². The molecular formula is C18H28N6S. The minimum absolute atomic E-state index is 0.436. The van der Waals surface area contributed by atoms with Crippen molar-refractivity contribution in [1.29, 1.82) is 0 Å². The molecule has 2 atom stereocenters. The van der Waals surface area contributed by atoms with E-state index >= 15 is 0 Å². The van der Waals surface area contributed by atoms with Crippen LogP contribution < -0.4 is 5.32 Å². The number of rotatable bonds is 5. The molecule has 2 unspecified atom stereocenters. The molecule has 1 fully saturated rings. The van der Waals surface area contributed by atoms with Crippen molar-refractivity contribution in [3.63, 3.8) is 0 Å². The Morgan fingerprint density at radius 2 is 2.32 bits per heavy atom. The average molecular weight is 361 g/mol. The molecule has 1 saturated heterocycles. The van der Waals surface area contributed by atoms with E-state index in [2.05, 4.69) is 57.1 Å². The fourth-order valence-electron chi connectivity index (χ4n) is 3.26. The highest BCUT2D eigenvalue weighted by atomic mass is 32.1. The van der Waals surface area contributed by atoms with E-state index in [9.17, 15) is 0 Å². The fourth-order valence-corrected chi connectivity index (χ4v) is 4.00. The summed E-state index contributed by atoms with van der Waals surface area (Å²) in [5.41, 5.74) is 1.06. The van der Waals surface area contributed by atoms with Crippen LogP contribution in [0.4, 0.5) is 0 Å². The molecular weight excluding hydrogens is 332 g/mol. The van der Waals surface area contributed by atoms with Gasteiger partial charge in [-0.25, -0.2) is 15.0 Å². The molecule has 3 heterocycles. The number of guanidine groups is 1. The number of imidazole rings is 1. The van der Waals surface area contributed by atoms with E-state index in [-0.39, 0.29) is 0 Å². The zero-order valence-corrected chi connectivity index (χ0v) is 16.2. The number of aliphatic imine (C=N–C) groups is 1. The lowest BCUT2D eigenvalue weighted by Crippen LogP contribution is -2.49. The number of thiazole rings is 1. The van der Waals surface area contributed by atoms with E-state index in [1.807, 2.05) is 12.5 Å². The van der Waals surface area contributed by atoms with Crippen molar-refractivity contribution >= 4 is 17.3 Å². The minimum Gasteiger partial charge on any atom is -0.357 e. The van der Waals surface area contributed by atoms with Gasteiger partial charge < -0.3 is 14.8 Å². The van der Waals surface area contributed by atoms with E-state index in [1.54, 1.807) is 11.3 Å². The van der Waals surface area contributed by atoms with Gasteiger partial charge >= 0.3 is 0 Å². The van der Waals surface area contributed by atoms with Gasteiger partial charge in [0.1, 0.15) is 0 Å². The summed E-state index contributed by atoms with van der Waals surface area (Å²) in [6, 6.07) is 0.436. The average Bonchev–Trinajstić information content (AvgIpc) is 3.31. The Morgan fingerprint density at radius 1 is 1.44 bits per heavy atom. The quantitative estimate of drug-likeness (QED) is 0.658. The highest BCUT2D eigenvalue weighted by Gasteiger charge is 2.28. The number of piperidine rings is 1. The second-order valence-corrected chi connectivity index (χ2v) is 7.49. The van der Waals surface area contributed by atoms with Gasteiger partial charge in [0, 0.05) is 37.4 Å². The van der Waals surface area contributed by atoms with Crippen LogP contribution >= 0.6 is 11.3 Å². The molecule has 0 saturated carbocycles. The Balaban J connectivity index is 1.71. The lowest BCUT2D eigenvalue weighted by molar-refractivity contribution is 0.189. The Morgan fingerprint density at radius 3 is 3.00 bits per heavy atom. The fraction of sp³-hybridized carbons (Fsp3) is 0.611. The Labute approximate surface area is 154 Å². The molecule has 136 valence electrons. The summed E-state index contributed by atoms with van der Waals surface area (Å²) < 4.78 is 2.23. The number of nitrogens with zero attached hydrogens (tertiary/aromatic N) is 5. The maximum absolute atomic E-state index is 4.85. The summed E-state index contributed by atoms with van der Waals surface area (Å²) in [6.45, 7) is 10.1. The van der Waals surface area contributed by atoms with Gasteiger partial charge in [0.05, 0.1) is 29.6 Å². The van der Waals surface area contributed by atoms with Crippen LogP contribution in [0, 0.1) is 5.92 Å². The van der Waals surface area contributed by atoms with Crippen LogP contribution in [0.2, 0.25) is 0 Å². The normalized spacial score (nSPS) is 21.6. The van der Waals surface area contributed by atoms with Crippen molar-refractivity contribution in [2.24, 2.45) is 10.9 Å². The summed E-state index contributed by atoms with van der Waals surface area (Å²) >= 11 is 1.72. The number of hydrogen-bond acceptors (Lipinski definition) is 4. The van der Waals surface area contributed by atoms with Gasteiger partial charge in [0.15, 0.2) is 5.96 Å². The molecule has 0 amide bonds. The lowest BCUT2D eigenvalue weighted by Gasteiger charge is -2.39. The molecule has 2 aromatic rings. The van der Waals surface area contributed by atoms with Crippen LogP contribution in [-0.4, -0.2) is 45.0 Å². The predicted molar refractivity (Wildman–Crippen MR) is 103 cm³/mol. The van der Waals surface area contributed by atoms with E-state index in [1.165, 1.54) is 5.01 Å². The zero-order valence-electron chi connectivity index (χ0n) is 15.4. The number of aryl methyl sites for hydroxylation is 1. The number of hydrogen-bond donors (Lipinski definition) is 1. The van der Waals surface area contributed by atoms with Gasteiger partial charge in [-0.2, -0.15) is 0 Å². The topological polar surface area (TPSA) is 58.3 Å². The van der Waals surface area contributed by atoms with Crippen LogP contribution in [-0.2, 0) is 13.0 Å². The van der Waals surface area contributed by atoms with Gasteiger partial charge in [0.2, 0.25) is 0 Å². The van der Waals surface area contributed by atoms with Crippen LogP contribution in [0.15, 0.2) is 29.1 Å². The van der Waals surface area contributed by atoms with Gasteiger partial charge in [-0.05, 0) is 25.7 Å². The van der Waals surface area contributed by atoms with Crippen LogP contribution in [0.3, 0.4) is 0 Å². The summed E-state index contributed by atoms with van der Waals surface area (Å²) in [5.74, 6) is 1.63. The summed E-state index contributed by atoms with van der Waals surface area (Å²) in [4.78, 5) is 16.1. The first-order valence-electron chi connectivity index (χ1n) is 9.15. The van der Waals surface area contributed by atoms with Crippen molar-refractivity contribution in [1.82, 2.24) is 24.8 Å². The molecule has 2 aromatic heterocycles. The Hall–Kier alpha value is -1.89. The van der Waals surface area contributed by atoms with Crippen molar-refractivity contribution in [2.45, 2.75) is 46.2 Å². The van der Waals surface area contributed by atoms with Crippen LogP contribution in [0.25, 0.3) is 0 Å². The van der Waals surface area contributed by atoms with Crippen LogP contribution in [0.5, 0.6) is 0 Å². The zero-order chi connectivity index (χ0) is 17.6. The predicted octanol–water partition coefficient (Wildman–Crippen LogP) is 2.95. The molecule has 3 rings (SSSR count). The molecule has 1 N–H and O–H groups in total. The van der Waals surface area contributed by atoms with E-state index in [0.29, 0.717) is 18.5 Å². The summed E-state index contributed by atoms with van der Waals surface area (Å²) in [7, 11) is 0. The highest BCUT2D eigenvalue weighted by molar-refractivity contribution is 7.09. The molecule has 0 aliphatic carbocycles. The summed E-state index contributed by atoms with van der Waals surface area (Å²) in [5, 5.41) is 6.76. The monoisotopic (exact) mass is 360 g/mol. The van der Waals surface area contributed by atoms with Crippen molar-refractivity contribution < 1.29 is 0 Å². The molecule has 1 aliphatic heterocycles. The summed E-state index contributed by atoms with van der Waals surface area (Å²) in [6.07, 6.45) is 8.00. The first kappa shape index (κ1) is 17.9. The van der Waals surface area contributed by atoms with Gasteiger partial charge in [-0.3, -0.25) is 0 Å². The molecule has 7 heteroatoms. The molecule has 0 aromatic carbocycles. The number of aromatic nitrogens is 3. The van der Waals surface area contributed by atoms with Crippen molar-refractivity contribution in [3.05, 3.63) is 34.8 Å². The molecule has 0 spiro atoms. The highest BCUT2D eigenvalue weighted by Crippen LogP contribution is 2.27. The van der Waals surface area contributed by atoms with Gasteiger partial charge in [-0.15, -0.1) is 11.3 Å². The third-order valence-corrected chi connectivity index (χ3v) is 5.80. The minimum atomic E-state index is 0.436. The number of nitrogens with one attached hydrogen (secondary N) is 1. The lowest BCUT2D eigenvalue weighted by atomic mass is 9.93. The molecule has 1 aliphatic rings. The Bertz CT molecular complexity index is 678. The van der Waals surface area contributed by atoms with Crippen molar-refractivity contribution in [2.75, 3.05) is 19.6 Å². The van der Waals surface area contributed by atoms with E-state index < -0.39 is 0 Å². The maximum Gasteiger partial charge on any atom is 0.194 e. The van der Waals surface area contributed by atoms with E-state index in [0.717, 1.165) is 44.1 Å². The second kappa shape index (κ2) is 8.47.